The summed E-state index contributed by atoms with van der Waals surface area (Å²) in [4.78, 5) is 6.70. The Morgan fingerprint density at radius 1 is 1.33 bits per heavy atom. The second kappa shape index (κ2) is 7.34. The minimum Gasteiger partial charge on any atom is -0.383 e. The van der Waals surface area contributed by atoms with E-state index in [2.05, 4.69) is 29.8 Å². The van der Waals surface area contributed by atoms with Gasteiger partial charge < -0.3 is 15.4 Å². The summed E-state index contributed by atoms with van der Waals surface area (Å²) in [6.07, 6.45) is 1.90. The number of ether oxygens (including phenoxy) is 1. The van der Waals surface area contributed by atoms with Crippen LogP contribution in [0.5, 0.6) is 0 Å². The zero-order valence-electron chi connectivity index (χ0n) is 11.9. The lowest BCUT2D eigenvalue weighted by Gasteiger charge is -2.26. The van der Waals surface area contributed by atoms with Crippen LogP contribution in [-0.2, 0) is 4.74 Å². The molecule has 1 rings (SSSR count). The Labute approximate surface area is 110 Å². The standard InChI is InChI=1S/C14H25N3O/c1-11(2)10-17(7-8-18-4)13-5-6-14(12(3)15)16-9-13/h5-6,9,11-12H,7-8,10,15H2,1-4H3/t12-/m0/s1. The molecule has 0 saturated heterocycles. The van der Waals surface area contributed by atoms with Gasteiger partial charge in [-0.1, -0.05) is 13.8 Å². The quantitative estimate of drug-likeness (QED) is 0.807. The van der Waals surface area contributed by atoms with Gasteiger partial charge in [-0.3, -0.25) is 4.98 Å². The number of rotatable bonds is 7. The second-order valence-electron chi connectivity index (χ2n) is 5.06. The van der Waals surface area contributed by atoms with Crippen molar-refractivity contribution in [1.29, 1.82) is 0 Å². The molecule has 0 spiro atoms. The van der Waals surface area contributed by atoms with E-state index < -0.39 is 0 Å². The van der Waals surface area contributed by atoms with Crippen LogP contribution in [0, 0.1) is 5.92 Å². The van der Waals surface area contributed by atoms with Crippen molar-refractivity contribution in [3.05, 3.63) is 24.0 Å². The van der Waals surface area contributed by atoms with Crippen molar-refractivity contribution in [3.63, 3.8) is 0 Å². The fraction of sp³-hybridized carbons (Fsp3) is 0.643. The van der Waals surface area contributed by atoms with Crippen molar-refractivity contribution in [2.45, 2.75) is 26.8 Å². The molecule has 0 aliphatic rings. The van der Waals surface area contributed by atoms with Crippen LogP contribution in [0.2, 0.25) is 0 Å². The summed E-state index contributed by atoms with van der Waals surface area (Å²) in [5, 5.41) is 0. The van der Waals surface area contributed by atoms with Gasteiger partial charge in [0.1, 0.15) is 0 Å². The average Bonchev–Trinajstić information content (AvgIpc) is 2.34. The molecule has 0 unspecified atom stereocenters. The van der Waals surface area contributed by atoms with E-state index in [1.54, 1.807) is 7.11 Å². The van der Waals surface area contributed by atoms with Crippen LogP contribution in [0.3, 0.4) is 0 Å². The molecule has 1 atom stereocenters. The summed E-state index contributed by atoms with van der Waals surface area (Å²) in [6.45, 7) is 8.98. The average molecular weight is 251 g/mol. The molecule has 4 nitrogen and oxygen atoms in total. The van der Waals surface area contributed by atoms with Crippen molar-refractivity contribution >= 4 is 5.69 Å². The van der Waals surface area contributed by atoms with Gasteiger partial charge in [0.2, 0.25) is 0 Å². The highest BCUT2D eigenvalue weighted by Crippen LogP contribution is 2.16. The van der Waals surface area contributed by atoms with Crippen LogP contribution in [0.1, 0.15) is 32.5 Å². The van der Waals surface area contributed by atoms with Crippen LogP contribution < -0.4 is 10.6 Å². The second-order valence-corrected chi connectivity index (χ2v) is 5.06. The summed E-state index contributed by atoms with van der Waals surface area (Å²) in [5.74, 6) is 0.606. The zero-order valence-corrected chi connectivity index (χ0v) is 11.9. The highest BCUT2D eigenvalue weighted by molar-refractivity contribution is 5.44. The Kier molecular flexibility index (Phi) is 6.09. The molecule has 18 heavy (non-hydrogen) atoms. The molecule has 0 bridgehead atoms. The monoisotopic (exact) mass is 251 g/mol. The summed E-state index contributed by atoms with van der Waals surface area (Å²) < 4.78 is 5.16. The third-order valence-electron chi connectivity index (χ3n) is 2.75. The van der Waals surface area contributed by atoms with Gasteiger partial charge in [0.25, 0.3) is 0 Å². The predicted molar refractivity (Wildman–Crippen MR) is 75.8 cm³/mol. The topological polar surface area (TPSA) is 51.4 Å². The fourth-order valence-corrected chi connectivity index (χ4v) is 1.82. The first-order valence-electron chi connectivity index (χ1n) is 6.50. The highest BCUT2D eigenvalue weighted by Gasteiger charge is 2.09. The van der Waals surface area contributed by atoms with Gasteiger partial charge in [-0.2, -0.15) is 0 Å². The first-order chi connectivity index (χ1) is 8.54. The molecule has 102 valence electrons. The van der Waals surface area contributed by atoms with Crippen LogP contribution in [0.4, 0.5) is 5.69 Å². The van der Waals surface area contributed by atoms with Gasteiger partial charge >= 0.3 is 0 Å². The number of methoxy groups -OCH3 is 1. The van der Waals surface area contributed by atoms with E-state index in [4.69, 9.17) is 10.5 Å². The Hall–Kier alpha value is -1.13. The maximum Gasteiger partial charge on any atom is 0.0637 e. The summed E-state index contributed by atoms with van der Waals surface area (Å²) in [5.41, 5.74) is 7.86. The third kappa shape index (κ3) is 4.63. The normalized spacial score (nSPS) is 12.8. The molecular formula is C14H25N3O. The summed E-state index contributed by atoms with van der Waals surface area (Å²) in [6, 6.07) is 4.07. The summed E-state index contributed by atoms with van der Waals surface area (Å²) in [7, 11) is 1.73. The maximum atomic E-state index is 5.80. The molecule has 0 aliphatic heterocycles. The van der Waals surface area contributed by atoms with Gasteiger partial charge in [-0.25, -0.2) is 0 Å². The van der Waals surface area contributed by atoms with E-state index in [0.29, 0.717) is 5.92 Å². The van der Waals surface area contributed by atoms with Crippen molar-refractivity contribution in [3.8, 4) is 0 Å². The Morgan fingerprint density at radius 2 is 2.06 bits per heavy atom. The molecule has 0 amide bonds. The molecule has 0 fully saturated rings. The number of aromatic nitrogens is 1. The van der Waals surface area contributed by atoms with E-state index in [1.165, 1.54) is 0 Å². The lowest BCUT2D eigenvalue weighted by molar-refractivity contribution is 0.204. The van der Waals surface area contributed by atoms with Crippen LogP contribution >= 0.6 is 0 Å². The van der Waals surface area contributed by atoms with Crippen molar-refractivity contribution < 1.29 is 4.74 Å². The van der Waals surface area contributed by atoms with Crippen LogP contribution in [0.25, 0.3) is 0 Å². The number of nitrogens with two attached hydrogens (primary N) is 1. The van der Waals surface area contributed by atoms with Crippen LogP contribution in [0.15, 0.2) is 18.3 Å². The minimum atomic E-state index is -0.0171. The molecule has 1 aromatic heterocycles. The number of pyridine rings is 1. The van der Waals surface area contributed by atoms with Gasteiger partial charge in [0.05, 0.1) is 24.2 Å². The maximum absolute atomic E-state index is 5.80. The zero-order chi connectivity index (χ0) is 13.5. The number of anilines is 1. The van der Waals surface area contributed by atoms with E-state index in [-0.39, 0.29) is 6.04 Å². The summed E-state index contributed by atoms with van der Waals surface area (Å²) >= 11 is 0. The number of hydrogen-bond acceptors (Lipinski definition) is 4. The molecule has 0 aliphatic carbocycles. The van der Waals surface area contributed by atoms with Gasteiger partial charge in [-0.15, -0.1) is 0 Å². The lowest BCUT2D eigenvalue weighted by Crippen LogP contribution is -2.31. The van der Waals surface area contributed by atoms with E-state index in [9.17, 15) is 0 Å². The van der Waals surface area contributed by atoms with E-state index >= 15 is 0 Å². The smallest absolute Gasteiger partial charge is 0.0637 e. The molecule has 1 aromatic rings. The Bertz CT molecular complexity index is 335. The number of nitrogens with zero attached hydrogens (tertiary/aromatic N) is 2. The largest absolute Gasteiger partial charge is 0.383 e. The molecule has 1 heterocycles. The Balaban J connectivity index is 2.77. The molecule has 2 N–H and O–H groups in total. The first kappa shape index (κ1) is 14.9. The van der Waals surface area contributed by atoms with Gasteiger partial charge in [0.15, 0.2) is 0 Å². The molecule has 0 radical (unpaired) electrons. The molecule has 0 aromatic carbocycles. The van der Waals surface area contributed by atoms with Crippen molar-refractivity contribution in [2.24, 2.45) is 11.7 Å². The number of hydrogen-bond donors (Lipinski definition) is 1. The SMILES string of the molecule is COCCN(CC(C)C)c1ccc([C@H](C)N)nc1. The first-order valence-corrected chi connectivity index (χ1v) is 6.50. The Morgan fingerprint density at radius 3 is 2.50 bits per heavy atom. The molecule has 4 heteroatoms. The predicted octanol–water partition coefficient (Wildman–Crippen LogP) is 2.21. The van der Waals surface area contributed by atoms with Crippen LogP contribution in [-0.4, -0.2) is 31.8 Å². The molecular weight excluding hydrogens is 226 g/mol. The van der Waals surface area contributed by atoms with Gasteiger partial charge in [-0.05, 0) is 25.0 Å². The van der Waals surface area contributed by atoms with E-state index in [0.717, 1.165) is 31.1 Å². The third-order valence-corrected chi connectivity index (χ3v) is 2.75. The molecule has 0 saturated carbocycles. The van der Waals surface area contributed by atoms with Gasteiger partial charge in [0, 0.05) is 26.2 Å². The van der Waals surface area contributed by atoms with E-state index in [1.807, 2.05) is 19.2 Å². The minimum absolute atomic E-state index is 0.0171. The van der Waals surface area contributed by atoms with Crippen molar-refractivity contribution in [2.75, 3.05) is 31.7 Å². The van der Waals surface area contributed by atoms with Crippen molar-refractivity contribution in [1.82, 2.24) is 4.98 Å². The highest BCUT2D eigenvalue weighted by atomic mass is 16.5. The fourth-order valence-electron chi connectivity index (χ4n) is 1.82. The lowest BCUT2D eigenvalue weighted by atomic mass is 10.2.